The van der Waals surface area contributed by atoms with Gasteiger partial charge in [0.2, 0.25) is 0 Å². The van der Waals surface area contributed by atoms with Gasteiger partial charge in [-0.2, -0.15) is 0 Å². The highest BCUT2D eigenvalue weighted by Crippen LogP contribution is 2.58. The third kappa shape index (κ3) is 2.18. The van der Waals surface area contributed by atoms with Gasteiger partial charge < -0.3 is 4.79 Å². The molecular weight excluding hydrogens is 208 g/mol. The van der Waals surface area contributed by atoms with Gasteiger partial charge in [0, 0.05) is 5.41 Å². The normalized spacial score (nSPS) is 46.6. The van der Waals surface area contributed by atoms with Gasteiger partial charge in [-0.3, -0.25) is 0 Å². The fraction of sp³-hybridized carbons (Fsp3) is 0.938. The number of aldehydes is 1. The van der Waals surface area contributed by atoms with Crippen molar-refractivity contribution >= 4 is 6.29 Å². The van der Waals surface area contributed by atoms with Crippen molar-refractivity contribution in [2.75, 3.05) is 0 Å². The minimum atomic E-state index is -0.0411. The summed E-state index contributed by atoms with van der Waals surface area (Å²) in [7, 11) is 0. The molecule has 0 aromatic heterocycles. The maximum atomic E-state index is 11.6. The summed E-state index contributed by atoms with van der Waals surface area (Å²) in [5.74, 6) is 2.24. The Balaban J connectivity index is 2.24. The molecule has 0 bridgehead atoms. The van der Waals surface area contributed by atoms with Gasteiger partial charge in [-0.1, -0.05) is 34.1 Å². The van der Waals surface area contributed by atoms with Crippen molar-refractivity contribution in [1.29, 1.82) is 0 Å². The Morgan fingerprint density at radius 3 is 2.47 bits per heavy atom. The molecule has 0 saturated heterocycles. The minimum absolute atomic E-state index is 0.0411. The molecule has 0 spiro atoms. The SMILES string of the molecule is CC(C)[C@@H]1CC[C@@]2(C)CCC[C@@](C)(C=O)[C@H]2C1. The zero-order valence-corrected chi connectivity index (χ0v) is 12.0. The van der Waals surface area contributed by atoms with Crippen LogP contribution in [0.5, 0.6) is 0 Å². The van der Waals surface area contributed by atoms with Crippen LogP contribution < -0.4 is 0 Å². The van der Waals surface area contributed by atoms with E-state index in [1.807, 2.05) is 0 Å². The average Bonchev–Trinajstić information content (AvgIpc) is 2.28. The summed E-state index contributed by atoms with van der Waals surface area (Å²) in [5, 5.41) is 0. The molecule has 2 fully saturated rings. The summed E-state index contributed by atoms with van der Waals surface area (Å²) in [6, 6.07) is 0. The highest BCUT2D eigenvalue weighted by molar-refractivity contribution is 5.60. The van der Waals surface area contributed by atoms with Crippen molar-refractivity contribution in [2.45, 2.75) is 66.2 Å². The molecule has 0 aromatic rings. The van der Waals surface area contributed by atoms with Crippen LogP contribution in [0.4, 0.5) is 0 Å². The topological polar surface area (TPSA) is 17.1 Å². The molecule has 0 N–H and O–H groups in total. The van der Waals surface area contributed by atoms with E-state index < -0.39 is 0 Å². The Morgan fingerprint density at radius 1 is 1.18 bits per heavy atom. The van der Waals surface area contributed by atoms with Gasteiger partial charge >= 0.3 is 0 Å². The quantitative estimate of drug-likeness (QED) is 0.647. The average molecular weight is 236 g/mol. The molecule has 17 heavy (non-hydrogen) atoms. The van der Waals surface area contributed by atoms with Gasteiger partial charge in [-0.15, -0.1) is 0 Å². The minimum Gasteiger partial charge on any atom is -0.303 e. The summed E-state index contributed by atoms with van der Waals surface area (Å²) in [6.07, 6.45) is 8.97. The van der Waals surface area contributed by atoms with Gasteiger partial charge in [-0.05, 0) is 55.3 Å². The van der Waals surface area contributed by atoms with Crippen molar-refractivity contribution in [3.05, 3.63) is 0 Å². The highest BCUT2D eigenvalue weighted by Gasteiger charge is 2.51. The van der Waals surface area contributed by atoms with E-state index in [2.05, 4.69) is 27.7 Å². The first-order valence-electron chi connectivity index (χ1n) is 7.38. The van der Waals surface area contributed by atoms with Crippen molar-refractivity contribution < 1.29 is 4.79 Å². The van der Waals surface area contributed by atoms with Crippen LogP contribution in [0.15, 0.2) is 0 Å². The lowest BCUT2D eigenvalue weighted by Crippen LogP contribution is -2.48. The lowest BCUT2D eigenvalue weighted by Gasteiger charge is -2.55. The fourth-order valence-electron chi connectivity index (χ4n) is 4.55. The Labute approximate surface area is 106 Å². The van der Waals surface area contributed by atoms with E-state index in [1.165, 1.54) is 38.4 Å². The first kappa shape index (κ1) is 13.1. The summed E-state index contributed by atoms with van der Waals surface area (Å²) in [6.45, 7) is 9.34. The number of carbonyl (C=O) groups is 1. The van der Waals surface area contributed by atoms with E-state index in [4.69, 9.17) is 0 Å². The Morgan fingerprint density at radius 2 is 1.88 bits per heavy atom. The van der Waals surface area contributed by atoms with Gasteiger partial charge in [0.25, 0.3) is 0 Å². The maximum Gasteiger partial charge on any atom is 0.126 e. The molecule has 2 rings (SSSR count). The molecule has 2 aliphatic carbocycles. The van der Waals surface area contributed by atoms with E-state index in [0.29, 0.717) is 11.3 Å². The molecule has 98 valence electrons. The van der Waals surface area contributed by atoms with Crippen molar-refractivity contribution in [3.63, 3.8) is 0 Å². The van der Waals surface area contributed by atoms with Crippen LogP contribution in [-0.4, -0.2) is 6.29 Å². The van der Waals surface area contributed by atoms with E-state index in [1.54, 1.807) is 0 Å². The predicted octanol–water partition coefficient (Wildman–Crippen LogP) is 4.45. The first-order valence-corrected chi connectivity index (χ1v) is 7.38. The van der Waals surface area contributed by atoms with Crippen LogP contribution >= 0.6 is 0 Å². The van der Waals surface area contributed by atoms with E-state index in [-0.39, 0.29) is 5.41 Å². The molecule has 0 unspecified atom stereocenters. The van der Waals surface area contributed by atoms with E-state index in [0.717, 1.165) is 18.3 Å². The van der Waals surface area contributed by atoms with Crippen molar-refractivity contribution in [3.8, 4) is 0 Å². The van der Waals surface area contributed by atoms with Crippen molar-refractivity contribution in [1.82, 2.24) is 0 Å². The molecule has 0 heterocycles. The molecule has 4 atom stereocenters. The summed E-state index contributed by atoms with van der Waals surface area (Å²) < 4.78 is 0. The Hall–Kier alpha value is -0.330. The Bertz CT molecular complexity index is 296. The molecule has 0 amide bonds. The van der Waals surface area contributed by atoms with Crippen molar-refractivity contribution in [2.24, 2.45) is 28.6 Å². The monoisotopic (exact) mass is 236 g/mol. The molecule has 1 nitrogen and oxygen atoms in total. The number of rotatable bonds is 2. The number of hydrogen-bond acceptors (Lipinski definition) is 1. The van der Waals surface area contributed by atoms with E-state index in [9.17, 15) is 4.79 Å². The number of hydrogen-bond donors (Lipinski definition) is 0. The standard InChI is InChI=1S/C16H28O/c1-12(2)13-6-9-15(3)7-5-8-16(4,11-17)14(15)10-13/h11-14H,5-10H2,1-4H3/t13-,14+,15-,16+/m1/s1. The number of fused-ring (bicyclic) bond motifs is 1. The lowest BCUT2D eigenvalue weighted by molar-refractivity contribution is -0.130. The lowest BCUT2D eigenvalue weighted by atomic mass is 9.49. The van der Waals surface area contributed by atoms with Crippen LogP contribution in [0, 0.1) is 28.6 Å². The molecule has 0 aliphatic heterocycles. The molecule has 2 aliphatic rings. The Kier molecular flexibility index (Phi) is 3.40. The second kappa shape index (κ2) is 4.40. The van der Waals surface area contributed by atoms with Gasteiger partial charge in [0.05, 0.1) is 0 Å². The molecule has 2 saturated carbocycles. The summed E-state index contributed by atoms with van der Waals surface area (Å²) in [4.78, 5) is 11.6. The van der Waals surface area contributed by atoms with Crippen LogP contribution in [0.3, 0.4) is 0 Å². The zero-order valence-electron chi connectivity index (χ0n) is 12.0. The third-order valence-electron chi connectivity index (χ3n) is 5.94. The van der Waals surface area contributed by atoms with Crippen LogP contribution in [-0.2, 0) is 4.79 Å². The summed E-state index contributed by atoms with van der Waals surface area (Å²) in [5.41, 5.74) is 0.403. The largest absolute Gasteiger partial charge is 0.303 e. The van der Waals surface area contributed by atoms with Gasteiger partial charge in [-0.25, -0.2) is 0 Å². The summed E-state index contributed by atoms with van der Waals surface area (Å²) >= 11 is 0. The van der Waals surface area contributed by atoms with Crippen LogP contribution in [0.25, 0.3) is 0 Å². The smallest absolute Gasteiger partial charge is 0.126 e. The first-order chi connectivity index (χ1) is 7.91. The molecule has 0 radical (unpaired) electrons. The van der Waals surface area contributed by atoms with Gasteiger partial charge in [0.15, 0.2) is 0 Å². The maximum absolute atomic E-state index is 11.6. The zero-order chi connectivity index (χ0) is 12.7. The van der Waals surface area contributed by atoms with E-state index >= 15 is 0 Å². The second-order valence-corrected chi connectivity index (χ2v) is 7.46. The molecule has 0 aromatic carbocycles. The third-order valence-corrected chi connectivity index (χ3v) is 5.94. The molecule has 1 heteroatoms. The number of carbonyl (C=O) groups excluding carboxylic acids is 1. The predicted molar refractivity (Wildman–Crippen MR) is 71.8 cm³/mol. The fourth-order valence-corrected chi connectivity index (χ4v) is 4.55. The highest BCUT2D eigenvalue weighted by atomic mass is 16.1. The second-order valence-electron chi connectivity index (χ2n) is 7.46. The van der Waals surface area contributed by atoms with Crippen LogP contribution in [0.2, 0.25) is 0 Å². The van der Waals surface area contributed by atoms with Crippen LogP contribution in [0.1, 0.15) is 66.2 Å². The van der Waals surface area contributed by atoms with Gasteiger partial charge in [0.1, 0.15) is 6.29 Å². The molecular formula is C16H28O.